The Morgan fingerprint density at radius 2 is 1.31 bits per heavy atom. The van der Waals surface area contributed by atoms with E-state index in [-0.39, 0.29) is 12.8 Å². The Hall–Kier alpha value is -1.16. The van der Waals surface area contributed by atoms with Gasteiger partial charge in [-0.1, -0.05) is 26.0 Å². The molecule has 0 aromatic rings. The molecule has 2 aliphatic rings. The quantitative estimate of drug-likeness (QED) is 0.543. The molecule has 0 radical (unpaired) electrons. The fourth-order valence-corrected chi connectivity index (χ4v) is 3.92. The highest BCUT2D eigenvalue weighted by Gasteiger charge is 2.63. The minimum Gasteiger partial charge on any atom is -0.351 e. The molecule has 6 atom stereocenters. The lowest BCUT2D eigenvalue weighted by Gasteiger charge is -2.32. The van der Waals surface area contributed by atoms with Gasteiger partial charge < -0.3 is 10.2 Å². The molecular formula is C16H18F8O2. The van der Waals surface area contributed by atoms with Crippen LogP contribution < -0.4 is 0 Å². The van der Waals surface area contributed by atoms with Crippen LogP contribution in [-0.4, -0.2) is 34.3 Å². The van der Waals surface area contributed by atoms with Gasteiger partial charge in [-0.2, -0.15) is 35.1 Å². The molecule has 2 rings (SSSR count). The summed E-state index contributed by atoms with van der Waals surface area (Å²) in [5, 5.41) is 18.6. The molecule has 0 bridgehead atoms. The van der Waals surface area contributed by atoms with Gasteiger partial charge in [-0.15, -0.1) is 0 Å². The van der Waals surface area contributed by atoms with Gasteiger partial charge in [0.1, 0.15) is 0 Å². The van der Waals surface area contributed by atoms with Gasteiger partial charge in [0.2, 0.25) is 0 Å². The van der Waals surface area contributed by atoms with Crippen molar-refractivity contribution < 1.29 is 45.3 Å². The van der Waals surface area contributed by atoms with Crippen LogP contribution in [-0.2, 0) is 0 Å². The summed E-state index contributed by atoms with van der Waals surface area (Å²) in [6.07, 6.45) is -9.86. The Morgan fingerprint density at radius 1 is 0.846 bits per heavy atom. The van der Waals surface area contributed by atoms with Crippen LogP contribution in [0.3, 0.4) is 0 Å². The van der Waals surface area contributed by atoms with E-state index in [1.54, 1.807) is 0 Å². The van der Waals surface area contributed by atoms with Crippen molar-refractivity contribution >= 4 is 0 Å². The molecule has 10 heteroatoms. The number of aliphatic hydroxyl groups is 2. The maximum atomic E-state index is 14.0. The molecule has 0 fully saturated rings. The third kappa shape index (κ3) is 3.26. The van der Waals surface area contributed by atoms with Gasteiger partial charge in [0.15, 0.2) is 0 Å². The topological polar surface area (TPSA) is 40.5 Å². The maximum absolute atomic E-state index is 14.0. The second-order valence-corrected chi connectivity index (χ2v) is 7.06. The second-order valence-electron chi connectivity index (χ2n) is 7.06. The van der Waals surface area contributed by atoms with E-state index in [9.17, 15) is 45.3 Å². The Balaban J connectivity index is 2.40. The van der Waals surface area contributed by atoms with Crippen LogP contribution in [0.4, 0.5) is 35.1 Å². The van der Waals surface area contributed by atoms with Gasteiger partial charge in [0, 0.05) is 11.1 Å². The molecule has 2 nitrogen and oxygen atoms in total. The average Bonchev–Trinajstić information content (AvgIpc) is 2.99. The van der Waals surface area contributed by atoms with E-state index in [0.717, 1.165) is 12.2 Å². The average molecular weight is 394 g/mol. The minimum absolute atomic E-state index is 0.0183. The Morgan fingerprint density at radius 3 is 1.77 bits per heavy atom. The van der Waals surface area contributed by atoms with Crippen LogP contribution in [0.2, 0.25) is 0 Å². The van der Waals surface area contributed by atoms with Crippen LogP contribution >= 0.6 is 0 Å². The Labute approximate surface area is 144 Å². The third-order valence-corrected chi connectivity index (χ3v) is 5.21. The van der Waals surface area contributed by atoms with Crippen LogP contribution in [0.1, 0.15) is 26.7 Å². The first kappa shape index (κ1) is 21.1. The van der Waals surface area contributed by atoms with Crippen LogP contribution in [0.5, 0.6) is 0 Å². The SMILES string of the molecule is CC1CC(C2C(C(O)(F)C(F)(F)F)=CCC2C)C=C1C(O)(F)C(F)(F)F. The van der Waals surface area contributed by atoms with E-state index in [2.05, 4.69) is 0 Å². The molecule has 0 heterocycles. The van der Waals surface area contributed by atoms with E-state index < -0.39 is 58.9 Å². The smallest absolute Gasteiger partial charge is 0.351 e. The van der Waals surface area contributed by atoms with E-state index in [1.807, 2.05) is 0 Å². The first-order chi connectivity index (χ1) is 11.5. The number of hydrogen-bond donors (Lipinski definition) is 2. The van der Waals surface area contributed by atoms with Gasteiger partial charge in [0.05, 0.1) is 0 Å². The molecule has 0 aliphatic heterocycles. The first-order valence-electron chi connectivity index (χ1n) is 7.90. The summed E-state index contributed by atoms with van der Waals surface area (Å²) in [7, 11) is 0. The highest BCUT2D eigenvalue weighted by Crippen LogP contribution is 2.54. The molecule has 0 amide bonds. The molecule has 2 N–H and O–H groups in total. The predicted octanol–water partition coefficient (Wildman–Crippen LogP) is 4.59. The largest absolute Gasteiger partial charge is 0.452 e. The fraction of sp³-hybridized carbons (Fsp3) is 0.750. The number of allylic oxidation sites excluding steroid dienone is 2. The molecular weight excluding hydrogens is 376 g/mol. The van der Waals surface area contributed by atoms with E-state index in [4.69, 9.17) is 0 Å². The van der Waals surface area contributed by atoms with Crippen molar-refractivity contribution in [1.82, 2.24) is 0 Å². The lowest BCUT2D eigenvalue weighted by atomic mass is 9.77. The Kier molecular flexibility index (Phi) is 5.03. The van der Waals surface area contributed by atoms with Gasteiger partial charge in [-0.25, -0.2) is 0 Å². The minimum atomic E-state index is -5.62. The standard InChI is InChI=1S/C16H18F8O2/c1-7-3-4-10(13(17,25)15(19,20)21)12(7)9-5-8(2)11(6-9)14(18,26)16(22,23)24/h4,6-9,12,25-26H,3,5H2,1-2H3. The lowest BCUT2D eigenvalue weighted by Crippen LogP contribution is -2.45. The summed E-state index contributed by atoms with van der Waals surface area (Å²) in [4.78, 5) is 0. The number of hydrogen-bond acceptors (Lipinski definition) is 2. The van der Waals surface area contributed by atoms with Gasteiger partial charge in [-0.05, 0) is 36.5 Å². The van der Waals surface area contributed by atoms with E-state index in [1.165, 1.54) is 13.8 Å². The first-order valence-corrected chi connectivity index (χ1v) is 7.90. The molecule has 0 saturated carbocycles. The number of halogens is 8. The van der Waals surface area contributed by atoms with Crippen molar-refractivity contribution in [3.63, 3.8) is 0 Å². The summed E-state index contributed by atoms with van der Waals surface area (Å²) in [5.74, 6) is -13.3. The monoisotopic (exact) mass is 394 g/mol. The Bertz CT molecular complexity index is 615. The molecule has 0 spiro atoms. The second kappa shape index (κ2) is 6.19. The number of rotatable bonds is 3. The van der Waals surface area contributed by atoms with Gasteiger partial charge >= 0.3 is 24.1 Å². The van der Waals surface area contributed by atoms with Crippen LogP contribution in [0.25, 0.3) is 0 Å². The molecule has 0 aromatic heterocycles. The predicted molar refractivity (Wildman–Crippen MR) is 74.9 cm³/mol. The molecule has 6 unspecified atom stereocenters. The fourth-order valence-electron chi connectivity index (χ4n) is 3.92. The summed E-state index contributed by atoms with van der Waals surface area (Å²) >= 11 is 0. The molecule has 2 aliphatic carbocycles. The zero-order chi connectivity index (χ0) is 20.3. The highest BCUT2D eigenvalue weighted by atomic mass is 19.4. The summed E-state index contributed by atoms with van der Waals surface area (Å²) < 4.78 is 105. The van der Waals surface area contributed by atoms with Crippen molar-refractivity contribution in [2.24, 2.45) is 23.7 Å². The van der Waals surface area contributed by atoms with Gasteiger partial charge in [0.25, 0.3) is 0 Å². The summed E-state index contributed by atoms with van der Waals surface area (Å²) in [6, 6.07) is 0. The summed E-state index contributed by atoms with van der Waals surface area (Å²) in [6.45, 7) is 2.65. The van der Waals surface area contributed by atoms with E-state index >= 15 is 0 Å². The highest BCUT2D eigenvalue weighted by molar-refractivity contribution is 5.32. The maximum Gasteiger partial charge on any atom is 0.452 e. The molecule has 0 saturated heterocycles. The van der Waals surface area contributed by atoms with Gasteiger partial charge in [-0.3, -0.25) is 0 Å². The van der Waals surface area contributed by atoms with Crippen molar-refractivity contribution in [2.45, 2.75) is 50.8 Å². The lowest BCUT2D eigenvalue weighted by molar-refractivity contribution is -0.299. The third-order valence-electron chi connectivity index (χ3n) is 5.21. The van der Waals surface area contributed by atoms with Crippen LogP contribution in [0.15, 0.2) is 23.3 Å². The number of alkyl halides is 8. The molecule has 26 heavy (non-hydrogen) atoms. The van der Waals surface area contributed by atoms with Crippen molar-refractivity contribution in [3.05, 3.63) is 23.3 Å². The van der Waals surface area contributed by atoms with E-state index in [0.29, 0.717) is 0 Å². The zero-order valence-corrected chi connectivity index (χ0v) is 13.8. The normalized spacial score (nSPS) is 34.9. The van der Waals surface area contributed by atoms with Crippen molar-refractivity contribution in [1.29, 1.82) is 0 Å². The zero-order valence-electron chi connectivity index (χ0n) is 13.8. The van der Waals surface area contributed by atoms with Crippen LogP contribution in [0, 0.1) is 23.7 Å². The van der Waals surface area contributed by atoms with Crippen molar-refractivity contribution in [3.8, 4) is 0 Å². The van der Waals surface area contributed by atoms with Crippen molar-refractivity contribution in [2.75, 3.05) is 0 Å². The summed E-state index contributed by atoms with van der Waals surface area (Å²) in [5.41, 5.74) is -2.00. The molecule has 150 valence electrons. The molecule has 0 aromatic carbocycles.